The third kappa shape index (κ3) is 0.628. The van der Waals surface area contributed by atoms with E-state index in [0.717, 1.165) is 31.6 Å². The lowest BCUT2D eigenvalue weighted by Crippen LogP contribution is -2.61. The molecule has 0 spiro atoms. The quantitative estimate of drug-likeness (QED) is 0.511. The lowest BCUT2D eigenvalue weighted by atomic mass is 9.65. The van der Waals surface area contributed by atoms with E-state index in [4.69, 9.17) is 0 Å². The average Bonchev–Trinajstić information content (AvgIpc) is 1.88. The highest BCUT2D eigenvalue weighted by Crippen LogP contribution is 2.41. The van der Waals surface area contributed by atoms with Crippen molar-refractivity contribution in [2.24, 2.45) is 5.92 Å². The van der Waals surface area contributed by atoms with Gasteiger partial charge in [0.15, 0.2) is 0 Å². The van der Waals surface area contributed by atoms with Crippen molar-refractivity contribution in [1.29, 1.82) is 0 Å². The molecule has 3 fully saturated rings. The molecule has 0 aromatic carbocycles. The van der Waals surface area contributed by atoms with Crippen molar-refractivity contribution < 1.29 is 4.79 Å². The van der Waals surface area contributed by atoms with E-state index in [1.54, 1.807) is 0 Å². The molecule has 0 unspecified atom stereocenters. The number of hydrogen-bond acceptors (Lipinski definition) is 2. The maximum atomic E-state index is 10.5. The standard InChI is InChI=1S/C7H11NO/c9-5-7-3-6(4-7)1-2-8-7/h5-6,8H,1-4H2. The van der Waals surface area contributed by atoms with Gasteiger partial charge in [-0.25, -0.2) is 0 Å². The molecule has 2 heteroatoms. The van der Waals surface area contributed by atoms with Crippen molar-refractivity contribution in [2.45, 2.75) is 24.8 Å². The first-order valence-electron chi connectivity index (χ1n) is 3.56. The van der Waals surface area contributed by atoms with E-state index in [0.29, 0.717) is 0 Å². The largest absolute Gasteiger partial charge is 0.305 e. The third-order valence-electron chi connectivity index (χ3n) is 2.56. The Bertz CT molecular complexity index is 132. The predicted molar refractivity (Wildman–Crippen MR) is 34.1 cm³/mol. The number of piperidine rings is 2. The smallest absolute Gasteiger partial charge is 0.140 e. The summed E-state index contributed by atoms with van der Waals surface area (Å²) in [7, 11) is 0. The zero-order valence-electron chi connectivity index (χ0n) is 5.39. The minimum absolute atomic E-state index is 0.0666. The predicted octanol–water partition coefficient (Wildman–Crippen LogP) is 0.327. The molecule has 1 saturated carbocycles. The summed E-state index contributed by atoms with van der Waals surface area (Å²) in [6, 6.07) is 0. The maximum absolute atomic E-state index is 10.5. The molecule has 1 N–H and O–H groups in total. The normalized spacial score (nSPS) is 47.8. The summed E-state index contributed by atoms with van der Waals surface area (Å²) < 4.78 is 0. The molecule has 2 nitrogen and oxygen atoms in total. The van der Waals surface area contributed by atoms with Crippen LogP contribution in [0.3, 0.4) is 0 Å². The summed E-state index contributed by atoms with van der Waals surface area (Å²) in [4.78, 5) is 10.5. The SMILES string of the molecule is O=CC12CC(CCN1)C2. The summed E-state index contributed by atoms with van der Waals surface area (Å²) in [6.45, 7) is 1.05. The lowest BCUT2D eigenvalue weighted by Gasteiger charge is -2.49. The Morgan fingerprint density at radius 3 is 2.67 bits per heavy atom. The van der Waals surface area contributed by atoms with Gasteiger partial charge in [0.25, 0.3) is 0 Å². The first kappa shape index (κ1) is 5.42. The van der Waals surface area contributed by atoms with Crippen LogP contribution in [0.5, 0.6) is 0 Å². The summed E-state index contributed by atoms with van der Waals surface area (Å²) in [6.07, 6.45) is 4.55. The van der Waals surface area contributed by atoms with E-state index in [9.17, 15) is 4.79 Å². The molecule has 3 rings (SSSR count). The van der Waals surface area contributed by atoms with Crippen LogP contribution < -0.4 is 5.32 Å². The first-order chi connectivity index (χ1) is 4.35. The highest BCUT2D eigenvalue weighted by molar-refractivity contribution is 5.66. The molecule has 0 aromatic heterocycles. The van der Waals surface area contributed by atoms with Crippen molar-refractivity contribution >= 4 is 6.29 Å². The zero-order valence-corrected chi connectivity index (χ0v) is 5.39. The fourth-order valence-electron chi connectivity index (χ4n) is 1.98. The zero-order chi connectivity index (χ0) is 6.32. The molecular weight excluding hydrogens is 114 g/mol. The van der Waals surface area contributed by atoms with Crippen molar-refractivity contribution in [2.75, 3.05) is 6.54 Å². The number of hydrogen-bond donors (Lipinski definition) is 1. The van der Waals surface area contributed by atoms with Gasteiger partial charge in [-0.05, 0) is 31.7 Å². The second-order valence-corrected chi connectivity index (χ2v) is 3.26. The van der Waals surface area contributed by atoms with E-state index in [1.165, 1.54) is 6.42 Å². The minimum Gasteiger partial charge on any atom is -0.305 e. The van der Waals surface area contributed by atoms with Crippen LogP contribution in [0.4, 0.5) is 0 Å². The van der Waals surface area contributed by atoms with Gasteiger partial charge in [0, 0.05) is 0 Å². The number of carbonyl (C=O) groups excluding carboxylic acids is 1. The Hall–Kier alpha value is -0.370. The van der Waals surface area contributed by atoms with Crippen molar-refractivity contribution in [3.63, 3.8) is 0 Å². The maximum Gasteiger partial charge on any atom is 0.140 e. The molecule has 2 bridgehead atoms. The fourth-order valence-corrected chi connectivity index (χ4v) is 1.98. The number of aldehydes is 1. The van der Waals surface area contributed by atoms with E-state index in [1.807, 2.05) is 0 Å². The van der Waals surface area contributed by atoms with Crippen LogP contribution in [0.15, 0.2) is 0 Å². The summed E-state index contributed by atoms with van der Waals surface area (Å²) in [5.74, 6) is 0.858. The molecule has 3 aliphatic rings. The summed E-state index contributed by atoms with van der Waals surface area (Å²) >= 11 is 0. The van der Waals surface area contributed by atoms with Gasteiger partial charge in [0.05, 0.1) is 5.54 Å². The van der Waals surface area contributed by atoms with Gasteiger partial charge in [-0.1, -0.05) is 0 Å². The number of fused-ring (bicyclic) bond motifs is 2. The molecule has 9 heavy (non-hydrogen) atoms. The Morgan fingerprint density at radius 1 is 1.56 bits per heavy atom. The monoisotopic (exact) mass is 125 g/mol. The lowest BCUT2D eigenvalue weighted by molar-refractivity contribution is -0.120. The van der Waals surface area contributed by atoms with E-state index >= 15 is 0 Å². The molecule has 1 aliphatic carbocycles. The van der Waals surface area contributed by atoms with Gasteiger partial charge in [-0.2, -0.15) is 0 Å². The van der Waals surface area contributed by atoms with Crippen LogP contribution in [-0.4, -0.2) is 18.4 Å². The van der Waals surface area contributed by atoms with Gasteiger partial charge < -0.3 is 10.1 Å². The van der Waals surface area contributed by atoms with Gasteiger partial charge in [0.1, 0.15) is 6.29 Å². The van der Waals surface area contributed by atoms with Crippen molar-refractivity contribution in [3.05, 3.63) is 0 Å². The van der Waals surface area contributed by atoms with Crippen molar-refractivity contribution in [1.82, 2.24) is 5.32 Å². The Morgan fingerprint density at radius 2 is 2.33 bits per heavy atom. The van der Waals surface area contributed by atoms with Crippen molar-refractivity contribution in [3.8, 4) is 0 Å². The fraction of sp³-hybridized carbons (Fsp3) is 0.857. The molecular formula is C7H11NO. The number of nitrogens with one attached hydrogen (secondary N) is 1. The molecule has 50 valence electrons. The summed E-state index contributed by atoms with van der Waals surface area (Å²) in [5, 5.41) is 3.24. The average molecular weight is 125 g/mol. The van der Waals surface area contributed by atoms with E-state index in [-0.39, 0.29) is 5.54 Å². The Kier molecular flexibility index (Phi) is 0.943. The molecule has 0 amide bonds. The Labute approximate surface area is 54.6 Å². The molecule has 2 saturated heterocycles. The number of carbonyl (C=O) groups is 1. The van der Waals surface area contributed by atoms with Crippen LogP contribution in [0.2, 0.25) is 0 Å². The topological polar surface area (TPSA) is 29.1 Å². The summed E-state index contributed by atoms with van der Waals surface area (Å²) in [5.41, 5.74) is -0.0666. The van der Waals surface area contributed by atoms with E-state index in [2.05, 4.69) is 5.32 Å². The van der Waals surface area contributed by atoms with Crippen LogP contribution >= 0.6 is 0 Å². The molecule has 2 aliphatic heterocycles. The first-order valence-corrected chi connectivity index (χ1v) is 3.56. The second kappa shape index (κ2) is 1.57. The third-order valence-corrected chi connectivity index (χ3v) is 2.56. The molecule has 0 atom stereocenters. The highest BCUT2D eigenvalue weighted by atomic mass is 16.1. The van der Waals surface area contributed by atoms with Crippen LogP contribution in [-0.2, 0) is 4.79 Å². The second-order valence-electron chi connectivity index (χ2n) is 3.26. The molecule has 2 heterocycles. The van der Waals surface area contributed by atoms with Gasteiger partial charge in [-0.15, -0.1) is 0 Å². The van der Waals surface area contributed by atoms with Gasteiger partial charge in [0.2, 0.25) is 0 Å². The molecule has 0 aromatic rings. The number of rotatable bonds is 1. The van der Waals surface area contributed by atoms with Crippen LogP contribution in [0, 0.1) is 5.92 Å². The Balaban J connectivity index is 2.09. The van der Waals surface area contributed by atoms with E-state index < -0.39 is 0 Å². The van der Waals surface area contributed by atoms with Crippen LogP contribution in [0.25, 0.3) is 0 Å². The van der Waals surface area contributed by atoms with Gasteiger partial charge >= 0.3 is 0 Å². The minimum atomic E-state index is -0.0666. The van der Waals surface area contributed by atoms with Crippen LogP contribution in [0.1, 0.15) is 19.3 Å². The molecule has 0 radical (unpaired) electrons. The van der Waals surface area contributed by atoms with Gasteiger partial charge in [-0.3, -0.25) is 0 Å². The highest BCUT2D eigenvalue weighted by Gasteiger charge is 2.46.